The summed E-state index contributed by atoms with van der Waals surface area (Å²) in [5.41, 5.74) is 0.471. The van der Waals surface area contributed by atoms with Crippen molar-refractivity contribution in [3.05, 3.63) is 30.0 Å². The Bertz CT molecular complexity index is 715. The highest BCUT2D eigenvalue weighted by Gasteiger charge is 2.23. The standard InChI is InChI=1S/C19H27NO4/c1-6-18(2,3)23-10-9-19(4,5)24-14-7-8-15-13(11-14)12-16(20-15)17(21)22/h7-8,11-12,20H,6,9-10H2,1-5H3,(H,21,22). The van der Waals surface area contributed by atoms with E-state index in [0.717, 1.165) is 29.5 Å². The van der Waals surface area contributed by atoms with Crippen LogP contribution in [0.2, 0.25) is 0 Å². The number of rotatable bonds is 8. The largest absolute Gasteiger partial charge is 0.488 e. The highest BCUT2D eigenvalue weighted by Crippen LogP contribution is 2.26. The molecule has 1 aromatic heterocycles. The van der Waals surface area contributed by atoms with Gasteiger partial charge in [-0.05, 0) is 58.4 Å². The van der Waals surface area contributed by atoms with E-state index < -0.39 is 5.97 Å². The zero-order valence-corrected chi connectivity index (χ0v) is 15.1. The van der Waals surface area contributed by atoms with Crippen molar-refractivity contribution in [1.82, 2.24) is 4.98 Å². The molecule has 0 saturated carbocycles. The number of ether oxygens (including phenoxy) is 2. The van der Waals surface area contributed by atoms with Crippen LogP contribution >= 0.6 is 0 Å². The van der Waals surface area contributed by atoms with Crippen molar-refractivity contribution >= 4 is 16.9 Å². The van der Waals surface area contributed by atoms with E-state index in [-0.39, 0.29) is 16.9 Å². The quantitative estimate of drug-likeness (QED) is 0.739. The highest BCUT2D eigenvalue weighted by molar-refractivity contribution is 5.94. The smallest absolute Gasteiger partial charge is 0.352 e. The van der Waals surface area contributed by atoms with Gasteiger partial charge in [-0.15, -0.1) is 0 Å². The predicted octanol–water partition coefficient (Wildman–Crippen LogP) is 4.62. The Balaban J connectivity index is 2.03. The summed E-state index contributed by atoms with van der Waals surface area (Å²) in [6, 6.07) is 7.16. The fourth-order valence-corrected chi connectivity index (χ4v) is 2.33. The third kappa shape index (κ3) is 4.74. The molecule has 0 saturated heterocycles. The first-order valence-electron chi connectivity index (χ1n) is 8.31. The normalized spacial score (nSPS) is 12.5. The molecule has 0 fully saturated rings. The summed E-state index contributed by atoms with van der Waals surface area (Å²) in [6.07, 6.45) is 1.73. The van der Waals surface area contributed by atoms with Crippen LogP contribution in [0.1, 0.15) is 57.9 Å². The number of fused-ring (bicyclic) bond motifs is 1. The summed E-state index contributed by atoms with van der Waals surface area (Å²) in [6.45, 7) is 11.0. The van der Waals surface area contributed by atoms with Crippen LogP contribution < -0.4 is 4.74 Å². The zero-order valence-electron chi connectivity index (χ0n) is 15.1. The van der Waals surface area contributed by atoms with Crippen LogP contribution in [0.3, 0.4) is 0 Å². The number of aromatic nitrogens is 1. The van der Waals surface area contributed by atoms with Crippen LogP contribution in [0.4, 0.5) is 0 Å². The van der Waals surface area contributed by atoms with Crippen molar-refractivity contribution in [2.24, 2.45) is 0 Å². The summed E-state index contributed by atoms with van der Waals surface area (Å²) in [5, 5.41) is 9.87. The molecule has 1 aromatic carbocycles. The number of aromatic carboxylic acids is 1. The van der Waals surface area contributed by atoms with Crippen molar-refractivity contribution in [3.8, 4) is 5.75 Å². The Labute approximate surface area is 143 Å². The molecule has 0 aliphatic carbocycles. The second kappa shape index (κ2) is 6.85. The Morgan fingerprint density at radius 1 is 1.17 bits per heavy atom. The lowest BCUT2D eigenvalue weighted by molar-refractivity contribution is -0.0423. The first-order chi connectivity index (χ1) is 11.1. The third-order valence-corrected chi connectivity index (χ3v) is 4.27. The van der Waals surface area contributed by atoms with Gasteiger partial charge in [0.2, 0.25) is 0 Å². The summed E-state index contributed by atoms with van der Waals surface area (Å²) in [5.74, 6) is -0.247. The molecule has 5 nitrogen and oxygen atoms in total. The minimum Gasteiger partial charge on any atom is -0.488 e. The SMILES string of the molecule is CCC(C)(C)OCCC(C)(C)Oc1ccc2[nH]c(C(=O)O)cc2c1. The van der Waals surface area contributed by atoms with E-state index in [9.17, 15) is 4.79 Å². The van der Waals surface area contributed by atoms with Crippen molar-refractivity contribution in [1.29, 1.82) is 0 Å². The topological polar surface area (TPSA) is 71.5 Å². The minimum atomic E-state index is -0.968. The van der Waals surface area contributed by atoms with E-state index in [4.69, 9.17) is 14.6 Å². The lowest BCUT2D eigenvalue weighted by atomic mass is 10.0. The summed E-state index contributed by atoms with van der Waals surface area (Å²) < 4.78 is 12.0. The van der Waals surface area contributed by atoms with Crippen LogP contribution in [-0.4, -0.2) is 33.9 Å². The molecule has 24 heavy (non-hydrogen) atoms. The van der Waals surface area contributed by atoms with Crippen LogP contribution in [0.15, 0.2) is 24.3 Å². The first-order valence-corrected chi connectivity index (χ1v) is 8.31. The van der Waals surface area contributed by atoms with Crippen molar-refractivity contribution in [2.75, 3.05) is 6.61 Å². The molecular weight excluding hydrogens is 306 g/mol. The molecule has 0 spiro atoms. The van der Waals surface area contributed by atoms with E-state index in [2.05, 4.69) is 25.8 Å². The van der Waals surface area contributed by atoms with Crippen LogP contribution in [0.5, 0.6) is 5.75 Å². The maximum atomic E-state index is 11.0. The Morgan fingerprint density at radius 3 is 2.50 bits per heavy atom. The lowest BCUT2D eigenvalue weighted by Gasteiger charge is -2.29. The van der Waals surface area contributed by atoms with E-state index in [1.807, 2.05) is 32.0 Å². The number of hydrogen-bond donors (Lipinski definition) is 2. The van der Waals surface area contributed by atoms with Gasteiger partial charge in [0.25, 0.3) is 0 Å². The van der Waals surface area contributed by atoms with Crippen LogP contribution in [-0.2, 0) is 4.74 Å². The number of benzene rings is 1. The summed E-state index contributed by atoms with van der Waals surface area (Å²) >= 11 is 0. The Kier molecular flexibility index (Phi) is 5.23. The molecule has 132 valence electrons. The number of carbonyl (C=O) groups is 1. The maximum Gasteiger partial charge on any atom is 0.352 e. The fraction of sp³-hybridized carbons (Fsp3) is 0.526. The van der Waals surface area contributed by atoms with Crippen molar-refractivity contribution < 1.29 is 19.4 Å². The molecule has 2 aromatic rings. The number of aromatic amines is 1. The molecule has 1 heterocycles. The maximum absolute atomic E-state index is 11.0. The van der Waals surface area contributed by atoms with E-state index in [1.54, 1.807) is 6.07 Å². The zero-order chi connectivity index (χ0) is 18.0. The summed E-state index contributed by atoms with van der Waals surface area (Å²) in [7, 11) is 0. The van der Waals surface area contributed by atoms with Gasteiger partial charge in [0.05, 0.1) is 12.2 Å². The fourth-order valence-electron chi connectivity index (χ4n) is 2.33. The van der Waals surface area contributed by atoms with Gasteiger partial charge in [-0.1, -0.05) is 6.92 Å². The molecule has 0 radical (unpaired) electrons. The number of nitrogens with one attached hydrogen (secondary N) is 1. The molecule has 0 atom stereocenters. The lowest BCUT2D eigenvalue weighted by Crippen LogP contribution is -2.32. The molecule has 5 heteroatoms. The number of hydrogen-bond acceptors (Lipinski definition) is 3. The van der Waals surface area contributed by atoms with Gasteiger partial charge in [-0.3, -0.25) is 0 Å². The van der Waals surface area contributed by atoms with Crippen LogP contribution in [0.25, 0.3) is 10.9 Å². The monoisotopic (exact) mass is 333 g/mol. The molecule has 2 N–H and O–H groups in total. The predicted molar refractivity (Wildman–Crippen MR) is 94.9 cm³/mol. The van der Waals surface area contributed by atoms with E-state index in [1.165, 1.54) is 0 Å². The Hall–Kier alpha value is -2.01. The summed E-state index contributed by atoms with van der Waals surface area (Å²) in [4.78, 5) is 13.9. The number of carboxylic acid groups (broad SMARTS) is 1. The first kappa shape index (κ1) is 18.3. The van der Waals surface area contributed by atoms with Crippen molar-refractivity contribution in [2.45, 2.75) is 58.7 Å². The average Bonchev–Trinajstić information content (AvgIpc) is 2.89. The molecule has 0 unspecified atom stereocenters. The minimum absolute atomic E-state index is 0.118. The van der Waals surface area contributed by atoms with Gasteiger partial charge in [0.1, 0.15) is 17.0 Å². The van der Waals surface area contributed by atoms with Gasteiger partial charge in [0, 0.05) is 17.3 Å². The number of carboxylic acids is 1. The average molecular weight is 333 g/mol. The number of H-pyrrole nitrogens is 1. The van der Waals surface area contributed by atoms with Gasteiger partial charge in [0.15, 0.2) is 0 Å². The van der Waals surface area contributed by atoms with Gasteiger partial charge in [-0.2, -0.15) is 0 Å². The second-order valence-electron chi connectivity index (χ2n) is 7.31. The third-order valence-electron chi connectivity index (χ3n) is 4.27. The van der Waals surface area contributed by atoms with Crippen LogP contribution in [0, 0.1) is 0 Å². The van der Waals surface area contributed by atoms with Gasteiger partial charge >= 0.3 is 5.97 Å². The highest BCUT2D eigenvalue weighted by atomic mass is 16.5. The molecule has 0 amide bonds. The molecular formula is C19H27NO4. The van der Waals surface area contributed by atoms with Gasteiger partial charge < -0.3 is 19.6 Å². The second-order valence-corrected chi connectivity index (χ2v) is 7.31. The van der Waals surface area contributed by atoms with E-state index >= 15 is 0 Å². The van der Waals surface area contributed by atoms with Crippen molar-refractivity contribution in [3.63, 3.8) is 0 Å². The molecule has 0 aliphatic heterocycles. The molecule has 0 aliphatic rings. The molecule has 0 bridgehead atoms. The van der Waals surface area contributed by atoms with Gasteiger partial charge in [-0.25, -0.2) is 4.79 Å². The molecule has 2 rings (SSSR count). The Morgan fingerprint density at radius 2 is 1.88 bits per heavy atom. The van der Waals surface area contributed by atoms with E-state index in [0.29, 0.717) is 6.61 Å².